The van der Waals surface area contributed by atoms with Crippen LogP contribution in [0, 0.1) is 5.41 Å². The van der Waals surface area contributed by atoms with Gasteiger partial charge in [-0.25, -0.2) is 4.79 Å². The maximum atomic E-state index is 11.6. The van der Waals surface area contributed by atoms with Gasteiger partial charge in [0.05, 0.1) is 0 Å². The van der Waals surface area contributed by atoms with Crippen LogP contribution in [0.25, 0.3) is 0 Å². The van der Waals surface area contributed by atoms with E-state index in [2.05, 4.69) is 26.1 Å². The summed E-state index contributed by atoms with van der Waals surface area (Å²) in [7, 11) is 0. The van der Waals surface area contributed by atoms with Crippen molar-refractivity contribution in [2.45, 2.75) is 59.4 Å². The summed E-state index contributed by atoms with van der Waals surface area (Å²) in [6.07, 6.45) is 5.97. The van der Waals surface area contributed by atoms with Crippen LogP contribution in [0.4, 0.5) is 0 Å². The molecule has 4 nitrogen and oxygen atoms in total. The molecule has 1 amide bonds. The van der Waals surface area contributed by atoms with Gasteiger partial charge in [-0.2, -0.15) is 0 Å². The highest BCUT2D eigenvalue weighted by molar-refractivity contribution is 5.83. The third-order valence-corrected chi connectivity index (χ3v) is 2.57. The number of allylic oxidation sites excluding steroid dienone is 1. The molecule has 0 spiro atoms. The number of hydrogen-bond donors (Lipinski definition) is 2. The zero-order valence-corrected chi connectivity index (χ0v) is 11.8. The Morgan fingerprint density at radius 2 is 1.94 bits per heavy atom. The first kappa shape index (κ1) is 16.7. The van der Waals surface area contributed by atoms with Crippen molar-refractivity contribution in [2.75, 3.05) is 0 Å². The van der Waals surface area contributed by atoms with Crippen molar-refractivity contribution in [3.8, 4) is 0 Å². The molecule has 0 saturated heterocycles. The molecule has 4 heteroatoms. The molecular weight excluding hydrogens is 230 g/mol. The van der Waals surface area contributed by atoms with Crippen LogP contribution < -0.4 is 5.32 Å². The number of rotatable bonds is 7. The van der Waals surface area contributed by atoms with Crippen molar-refractivity contribution in [1.82, 2.24) is 5.32 Å². The van der Waals surface area contributed by atoms with E-state index in [9.17, 15) is 9.59 Å². The van der Waals surface area contributed by atoms with Crippen molar-refractivity contribution in [3.63, 3.8) is 0 Å². The topological polar surface area (TPSA) is 66.4 Å². The molecule has 104 valence electrons. The number of aliphatic carboxylic acids is 1. The molecule has 0 aliphatic rings. The zero-order valence-electron chi connectivity index (χ0n) is 11.8. The van der Waals surface area contributed by atoms with Gasteiger partial charge in [-0.1, -0.05) is 32.9 Å². The van der Waals surface area contributed by atoms with Crippen LogP contribution in [0.3, 0.4) is 0 Å². The number of carboxylic acids is 1. The lowest BCUT2D eigenvalue weighted by molar-refractivity contribution is -0.141. The highest BCUT2D eigenvalue weighted by Crippen LogP contribution is 2.21. The molecule has 0 aromatic carbocycles. The van der Waals surface area contributed by atoms with Crippen molar-refractivity contribution >= 4 is 11.9 Å². The third-order valence-electron chi connectivity index (χ3n) is 2.57. The highest BCUT2D eigenvalue weighted by Gasteiger charge is 2.18. The summed E-state index contributed by atoms with van der Waals surface area (Å²) < 4.78 is 0. The van der Waals surface area contributed by atoms with Gasteiger partial charge < -0.3 is 10.4 Å². The normalized spacial score (nSPS) is 13.6. The van der Waals surface area contributed by atoms with Crippen molar-refractivity contribution in [2.24, 2.45) is 5.41 Å². The van der Waals surface area contributed by atoms with Gasteiger partial charge in [0.1, 0.15) is 6.04 Å². The average molecular weight is 255 g/mol. The molecule has 0 aliphatic carbocycles. The van der Waals surface area contributed by atoms with Gasteiger partial charge in [-0.05, 0) is 31.6 Å². The molecule has 18 heavy (non-hydrogen) atoms. The quantitative estimate of drug-likeness (QED) is 0.687. The smallest absolute Gasteiger partial charge is 0.326 e. The standard InChI is InChI=1S/C14H25NO3/c1-5-6-8-11(13(17)18)15-12(16)9-7-10-14(2,3)4/h5-6,11H,7-10H2,1-4H3,(H,15,16)(H,17,18)/b6-5+. The minimum absolute atomic E-state index is 0.184. The molecule has 0 heterocycles. The maximum Gasteiger partial charge on any atom is 0.326 e. The summed E-state index contributed by atoms with van der Waals surface area (Å²) in [5.41, 5.74) is 0.206. The van der Waals surface area contributed by atoms with Gasteiger partial charge in [-0.3, -0.25) is 4.79 Å². The Balaban J connectivity index is 4.07. The Morgan fingerprint density at radius 3 is 2.39 bits per heavy atom. The Bertz CT molecular complexity index is 303. The summed E-state index contributed by atoms with van der Waals surface area (Å²) in [5.74, 6) is -1.17. The van der Waals surface area contributed by atoms with Crippen molar-refractivity contribution in [3.05, 3.63) is 12.2 Å². The molecule has 0 aromatic heterocycles. The van der Waals surface area contributed by atoms with Gasteiger partial charge in [0.2, 0.25) is 5.91 Å². The number of nitrogens with one attached hydrogen (secondary N) is 1. The zero-order chi connectivity index (χ0) is 14.2. The molecular formula is C14H25NO3. The monoisotopic (exact) mass is 255 g/mol. The summed E-state index contributed by atoms with van der Waals surface area (Å²) in [5, 5.41) is 11.5. The molecule has 0 saturated carbocycles. The van der Waals surface area contributed by atoms with Crippen molar-refractivity contribution in [1.29, 1.82) is 0 Å². The second-order valence-electron chi connectivity index (χ2n) is 5.68. The average Bonchev–Trinajstić information content (AvgIpc) is 2.21. The first-order chi connectivity index (χ1) is 8.26. The van der Waals surface area contributed by atoms with E-state index in [4.69, 9.17) is 5.11 Å². The van der Waals surface area contributed by atoms with Crippen LogP contribution >= 0.6 is 0 Å². The number of hydrogen-bond acceptors (Lipinski definition) is 2. The van der Waals surface area contributed by atoms with E-state index in [0.717, 1.165) is 12.8 Å². The van der Waals surface area contributed by atoms with E-state index >= 15 is 0 Å². The molecule has 1 unspecified atom stereocenters. The van der Waals surface area contributed by atoms with Gasteiger partial charge in [-0.15, -0.1) is 0 Å². The maximum absolute atomic E-state index is 11.6. The summed E-state index contributed by atoms with van der Waals surface area (Å²) in [4.78, 5) is 22.5. The van der Waals surface area contributed by atoms with Crippen molar-refractivity contribution < 1.29 is 14.7 Å². The van der Waals surface area contributed by atoms with Crippen LogP contribution in [-0.4, -0.2) is 23.0 Å². The van der Waals surface area contributed by atoms with Gasteiger partial charge in [0.15, 0.2) is 0 Å². The molecule has 0 aliphatic heterocycles. The number of amides is 1. The Kier molecular flexibility index (Phi) is 7.32. The van der Waals surface area contributed by atoms with Crippen LogP contribution in [0.5, 0.6) is 0 Å². The molecule has 0 radical (unpaired) electrons. The second-order valence-corrected chi connectivity index (χ2v) is 5.68. The third kappa shape index (κ3) is 8.79. The summed E-state index contributed by atoms with van der Waals surface area (Å²) in [6.45, 7) is 8.19. The van der Waals surface area contributed by atoms with E-state index < -0.39 is 12.0 Å². The minimum Gasteiger partial charge on any atom is -0.480 e. The van der Waals surface area contributed by atoms with Crippen LogP contribution in [0.1, 0.15) is 53.4 Å². The SMILES string of the molecule is C/C=C/CC(NC(=O)CCCC(C)(C)C)C(=O)O. The first-order valence-corrected chi connectivity index (χ1v) is 6.39. The predicted molar refractivity (Wildman–Crippen MR) is 72.3 cm³/mol. The van der Waals surface area contributed by atoms with Gasteiger partial charge in [0.25, 0.3) is 0 Å². The van der Waals surface area contributed by atoms with Crippen LogP contribution in [0.2, 0.25) is 0 Å². The first-order valence-electron chi connectivity index (χ1n) is 6.39. The second kappa shape index (κ2) is 7.90. The van der Waals surface area contributed by atoms with E-state index in [1.165, 1.54) is 0 Å². The highest BCUT2D eigenvalue weighted by atomic mass is 16.4. The number of carbonyl (C=O) groups excluding carboxylic acids is 1. The fourth-order valence-electron chi connectivity index (χ4n) is 1.54. The number of carbonyl (C=O) groups is 2. The molecule has 1 atom stereocenters. The van der Waals surface area contributed by atoms with Gasteiger partial charge in [0, 0.05) is 6.42 Å². The fourth-order valence-corrected chi connectivity index (χ4v) is 1.54. The van der Waals surface area contributed by atoms with E-state index in [-0.39, 0.29) is 11.3 Å². The molecule has 2 N–H and O–H groups in total. The van der Waals surface area contributed by atoms with Gasteiger partial charge >= 0.3 is 5.97 Å². The lowest BCUT2D eigenvalue weighted by Crippen LogP contribution is -2.40. The predicted octanol–water partition coefficient (Wildman–Crippen LogP) is 2.74. The Labute approximate surface area is 109 Å². The lowest BCUT2D eigenvalue weighted by Gasteiger charge is -2.18. The Hall–Kier alpha value is -1.32. The fraction of sp³-hybridized carbons (Fsp3) is 0.714. The molecule has 0 rings (SSSR count). The van der Waals surface area contributed by atoms with E-state index in [1.54, 1.807) is 12.2 Å². The molecule has 0 aromatic rings. The Morgan fingerprint density at radius 1 is 1.33 bits per heavy atom. The number of carboxylic acid groups (broad SMARTS) is 1. The van der Waals surface area contributed by atoms with E-state index in [0.29, 0.717) is 12.8 Å². The summed E-state index contributed by atoms with van der Waals surface area (Å²) >= 11 is 0. The largest absolute Gasteiger partial charge is 0.480 e. The van der Waals surface area contributed by atoms with Crippen LogP contribution in [-0.2, 0) is 9.59 Å². The summed E-state index contributed by atoms with van der Waals surface area (Å²) in [6, 6.07) is -0.816. The van der Waals surface area contributed by atoms with Crippen LogP contribution in [0.15, 0.2) is 12.2 Å². The molecule has 0 fully saturated rings. The lowest BCUT2D eigenvalue weighted by atomic mass is 9.90. The molecule has 0 bridgehead atoms. The van der Waals surface area contributed by atoms with E-state index in [1.807, 2.05) is 6.92 Å². The minimum atomic E-state index is -0.989.